The van der Waals surface area contributed by atoms with Gasteiger partial charge in [0.05, 0.1) is 11.4 Å². The number of para-hydroxylation sites is 2. The predicted molar refractivity (Wildman–Crippen MR) is 153 cm³/mol. The van der Waals surface area contributed by atoms with Gasteiger partial charge in [0.15, 0.2) is 0 Å². The van der Waals surface area contributed by atoms with Gasteiger partial charge in [-0.2, -0.15) is 0 Å². The molecule has 0 aromatic heterocycles. The van der Waals surface area contributed by atoms with E-state index in [9.17, 15) is 0 Å². The van der Waals surface area contributed by atoms with Crippen LogP contribution < -0.4 is 18.9 Å². The van der Waals surface area contributed by atoms with Crippen molar-refractivity contribution in [2.45, 2.75) is 0 Å². The van der Waals surface area contributed by atoms with Crippen LogP contribution >= 0.6 is 0 Å². The lowest BCUT2D eigenvalue weighted by molar-refractivity contribution is 1.20. The fraction of sp³-hybridized carbons (Fsp3) is 0. The highest BCUT2D eigenvalue weighted by atomic mass is 28.4. The first kappa shape index (κ1) is 18.7. The van der Waals surface area contributed by atoms with Crippen LogP contribution in [0.5, 0.6) is 0 Å². The molecule has 0 bridgehead atoms. The highest BCUT2D eigenvalue weighted by molar-refractivity contribution is 7.05. The minimum Gasteiger partial charge on any atom is -0.328 e. The zero-order valence-corrected chi connectivity index (χ0v) is 20.5. The van der Waals surface area contributed by atoms with Gasteiger partial charge >= 0.3 is 8.56 Å². The molecular formula is C32H21N3Si. The van der Waals surface area contributed by atoms with Crippen LogP contribution in [0.15, 0.2) is 127 Å². The standard InChI is InChI=1S/C32H21N3Si/c1-2-14-24(15-3-1)36-33-25-16-4-5-17-26(25)34(36)28-19-7-11-23-13-9-21-30(32(23)28)35(36)29-20-8-12-22-10-6-18-27(33)31(22)29/h1-21H. The maximum absolute atomic E-state index is 2.83. The van der Waals surface area contributed by atoms with Crippen LogP contribution in [-0.2, 0) is 0 Å². The molecule has 36 heavy (non-hydrogen) atoms. The zero-order chi connectivity index (χ0) is 23.4. The van der Waals surface area contributed by atoms with Gasteiger partial charge in [0.2, 0.25) is 0 Å². The normalized spacial score (nSPS) is 15.8. The number of anilines is 6. The fourth-order valence-electron chi connectivity index (χ4n) is 6.94. The summed E-state index contributed by atoms with van der Waals surface area (Å²) in [5.74, 6) is 0. The lowest BCUT2D eigenvalue weighted by Gasteiger charge is -2.56. The summed E-state index contributed by atoms with van der Waals surface area (Å²) in [4.78, 5) is 0. The second kappa shape index (κ2) is 6.36. The highest BCUT2D eigenvalue weighted by Crippen LogP contribution is 2.62. The van der Waals surface area contributed by atoms with Crippen LogP contribution in [0, 0.1) is 0 Å². The first-order chi connectivity index (χ1) is 17.9. The maximum atomic E-state index is 2.73. The summed E-state index contributed by atoms with van der Waals surface area (Å²) in [5.41, 5.74) is 7.77. The molecule has 3 nitrogen and oxygen atoms in total. The van der Waals surface area contributed by atoms with Crippen LogP contribution in [0.1, 0.15) is 0 Å². The molecule has 3 aliphatic heterocycles. The van der Waals surface area contributed by atoms with Gasteiger partial charge in [-0.1, -0.05) is 91.0 Å². The number of rotatable bonds is 1. The van der Waals surface area contributed by atoms with E-state index in [1.54, 1.807) is 0 Å². The van der Waals surface area contributed by atoms with Crippen molar-refractivity contribution in [1.29, 1.82) is 0 Å². The van der Waals surface area contributed by atoms with Crippen molar-refractivity contribution in [2.24, 2.45) is 0 Å². The zero-order valence-electron chi connectivity index (χ0n) is 19.5. The number of fused-ring (bicyclic) bond motifs is 7. The summed E-state index contributed by atoms with van der Waals surface area (Å²) < 4.78 is 8.15. The molecule has 0 fully saturated rings. The van der Waals surface area contributed by atoms with E-state index in [2.05, 4.69) is 141 Å². The Morgan fingerprint density at radius 2 is 0.694 bits per heavy atom. The van der Waals surface area contributed by atoms with Crippen molar-refractivity contribution in [3.63, 3.8) is 0 Å². The van der Waals surface area contributed by atoms with Crippen LogP contribution in [0.3, 0.4) is 0 Å². The quantitative estimate of drug-likeness (QED) is 0.227. The summed E-state index contributed by atoms with van der Waals surface area (Å²) in [6.07, 6.45) is 0. The largest absolute Gasteiger partial charge is 0.428 e. The third kappa shape index (κ3) is 1.96. The van der Waals surface area contributed by atoms with Crippen LogP contribution in [0.2, 0.25) is 0 Å². The topological polar surface area (TPSA) is 9.72 Å². The molecule has 0 spiro atoms. The Kier molecular flexibility index (Phi) is 3.31. The van der Waals surface area contributed by atoms with E-state index in [0.717, 1.165) is 0 Å². The Balaban J connectivity index is 1.59. The molecule has 6 aromatic carbocycles. The Labute approximate surface area is 210 Å². The van der Waals surface area contributed by atoms with Crippen molar-refractivity contribution in [2.75, 3.05) is 13.7 Å². The van der Waals surface area contributed by atoms with Crippen LogP contribution in [-0.4, -0.2) is 8.56 Å². The minimum atomic E-state index is -2.83. The summed E-state index contributed by atoms with van der Waals surface area (Å²) in [6, 6.07) is 47.4. The van der Waals surface area contributed by atoms with E-state index in [1.807, 2.05) is 0 Å². The van der Waals surface area contributed by atoms with Gasteiger partial charge in [-0.15, -0.1) is 0 Å². The van der Waals surface area contributed by atoms with Crippen LogP contribution in [0.25, 0.3) is 21.5 Å². The lowest BCUT2D eigenvalue weighted by Crippen LogP contribution is -2.79. The molecule has 0 amide bonds. The van der Waals surface area contributed by atoms with Gasteiger partial charge in [0.25, 0.3) is 0 Å². The summed E-state index contributed by atoms with van der Waals surface area (Å²) in [6.45, 7) is 0. The Morgan fingerprint density at radius 1 is 0.333 bits per heavy atom. The third-order valence-corrected chi connectivity index (χ3v) is 12.6. The van der Waals surface area contributed by atoms with Crippen molar-refractivity contribution < 1.29 is 0 Å². The molecule has 3 heterocycles. The van der Waals surface area contributed by atoms with Crippen LogP contribution in [0.4, 0.5) is 34.1 Å². The monoisotopic (exact) mass is 475 g/mol. The molecule has 0 N–H and O–H groups in total. The van der Waals surface area contributed by atoms with Gasteiger partial charge in [-0.25, -0.2) is 0 Å². The maximum Gasteiger partial charge on any atom is 0.428 e. The molecule has 4 heteroatoms. The molecule has 0 radical (unpaired) electrons. The second-order valence-electron chi connectivity index (χ2n) is 9.80. The molecular weight excluding hydrogens is 454 g/mol. The predicted octanol–water partition coefficient (Wildman–Crippen LogP) is 7.59. The Morgan fingerprint density at radius 3 is 1.14 bits per heavy atom. The molecule has 0 saturated carbocycles. The van der Waals surface area contributed by atoms with Crippen molar-refractivity contribution in [3.8, 4) is 0 Å². The molecule has 0 aliphatic carbocycles. The van der Waals surface area contributed by atoms with Gasteiger partial charge < -0.3 is 13.7 Å². The lowest BCUT2D eigenvalue weighted by atomic mass is 10.0. The number of benzene rings is 6. The Bertz CT molecular complexity index is 1760. The number of hydrogen-bond acceptors (Lipinski definition) is 3. The third-order valence-electron chi connectivity index (χ3n) is 8.15. The highest BCUT2D eigenvalue weighted by Gasteiger charge is 2.65. The van der Waals surface area contributed by atoms with E-state index in [4.69, 9.17) is 0 Å². The van der Waals surface area contributed by atoms with Gasteiger partial charge in [-0.3, -0.25) is 0 Å². The number of hydrogen-bond donors (Lipinski definition) is 0. The smallest absolute Gasteiger partial charge is 0.328 e. The molecule has 0 saturated heterocycles. The van der Waals surface area contributed by atoms with Crippen molar-refractivity contribution >= 4 is 69.4 Å². The molecule has 0 atom stereocenters. The second-order valence-corrected chi connectivity index (χ2v) is 13.0. The van der Waals surface area contributed by atoms with Gasteiger partial charge in [0, 0.05) is 38.7 Å². The average Bonchev–Trinajstić information content (AvgIpc) is 3.26. The Hall–Kier alpha value is -4.54. The summed E-state index contributed by atoms with van der Waals surface area (Å²) in [5, 5.41) is 6.59. The molecule has 3 aliphatic rings. The molecule has 9 rings (SSSR count). The summed E-state index contributed by atoms with van der Waals surface area (Å²) >= 11 is 0. The minimum absolute atomic E-state index is 1.28. The van der Waals surface area contributed by atoms with E-state index < -0.39 is 8.56 Å². The first-order valence-electron chi connectivity index (χ1n) is 12.5. The van der Waals surface area contributed by atoms with Gasteiger partial charge in [0.1, 0.15) is 0 Å². The van der Waals surface area contributed by atoms with E-state index in [1.165, 1.54) is 60.9 Å². The average molecular weight is 476 g/mol. The first-order valence-corrected chi connectivity index (χ1v) is 14.3. The van der Waals surface area contributed by atoms with E-state index >= 15 is 0 Å². The molecule has 168 valence electrons. The summed E-state index contributed by atoms with van der Waals surface area (Å²) in [7, 11) is -2.83. The van der Waals surface area contributed by atoms with Gasteiger partial charge in [-0.05, 0) is 47.2 Å². The van der Waals surface area contributed by atoms with E-state index in [-0.39, 0.29) is 0 Å². The fourth-order valence-corrected chi connectivity index (χ4v) is 12.1. The molecule has 0 unspecified atom stereocenters. The van der Waals surface area contributed by atoms with Crippen molar-refractivity contribution in [1.82, 2.24) is 0 Å². The SMILES string of the molecule is c1ccc([Si]23N4c5ccccc5N2c2cccc5cccc(c25)N3c2cccc3cccc4c23)cc1. The number of nitrogens with zero attached hydrogens (tertiary/aromatic N) is 3. The van der Waals surface area contributed by atoms with E-state index in [0.29, 0.717) is 0 Å². The van der Waals surface area contributed by atoms with Crippen molar-refractivity contribution in [3.05, 3.63) is 127 Å². The molecule has 6 aromatic rings.